The predicted molar refractivity (Wildman–Crippen MR) is 68.4 cm³/mol. The van der Waals surface area contributed by atoms with Crippen LogP contribution in [0.5, 0.6) is 0 Å². The topological polar surface area (TPSA) is 37.0 Å². The third-order valence-corrected chi connectivity index (χ3v) is 2.59. The average molecular weight is 288 g/mol. The molecule has 0 aliphatic heterocycles. The Hall–Kier alpha value is -1.95. The van der Waals surface area contributed by atoms with Crippen LogP contribution in [0.2, 0.25) is 5.02 Å². The van der Waals surface area contributed by atoms with Gasteiger partial charge in [-0.2, -0.15) is 0 Å². The van der Waals surface area contributed by atoms with Crippen molar-refractivity contribution in [3.05, 3.63) is 46.7 Å². The summed E-state index contributed by atoms with van der Waals surface area (Å²) in [5, 5.41) is 5.12. The van der Waals surface area contributed by atoms with Crippen molar-refractivity contribution in [3.63, 3.8) is 0 Å². The van der Waals surface area contributed by atoms with Gasteiger partial charge in [-0.05, 0) is 18.2 Å². The first-order chi connectivity index (χ1) is 9.01. The molecule has 0 saturated heterocycles. The number of anilines is 3. The van der Waals surface area contributed by atoms with E-state index in [0.717, 1.165) is 6.07 Å². The Kier molecular flexibility index (Phi) is 3.80. The number of pyridine rings is 1. The van der Waals surface area contributed by atoms with Gasteiger partial charge in [0.05, 0.1) is 5.69 Å². The number of aromatic nitrogens is 1. The zero-order valence-electron chi connectivity index (χ0n) is 9.77. The third kappa shape index (κ3) is 2.90. The standard InChI is InChI=1S/C12H9ClF3N3/c1-17-11-8(15)5-9(16)12(19-11)18-10-3-2-6(13)4-7(10)14/h2-5H,1H3,(H2,17,18,19). The number of hydrogen-bond donors (Lipinski definition) is 2. The second-order valence-electron chi connectivity index (χ2n) is 3.65. The lowest BCUT2D eigenvalue weighted by Crippen LogP contribution is -2.04. The van der Waals surface area contributed by atoms with Crippen LogP contribution in [0.25, 0.3) is 0 Å². The molecule has 0 fully saturated rings. The molecule has 0 amide bonds. The monoisotopic (exact) mass is 287 g/mol. The largest absolute Gasteiger partial charge is 0.371 e. The third-order valence-electron chi connectivity index (χ3n) is 2.35. The molecule has 2 aromatic rings. The van der Waals surface area contributed by atoms with Crippen LogP contribution in [0.15, 0.2) is 24.3 Å². The van der Waals surface area contributed by atoms with Crippen molar-refractivity contribution in [1.82, 2.24) is 4.98 Å². The molecule has 0 saturated carbocycles. The van der Waals surface area contributed by atoms with Crippen molar-refractivity contribution in [1.29, 1.82) is 0 Å². The lowest BCUT2D eigenvalue weighted by atomic mass is 10.3. The van der Waals surface area contributed by atoms with Crippen LogP contribution < -0.4 is 10.6 Å². The summed E-state index contributed by atoms with van der Waals surface area (Å²) in [7, 11) is 1.44. The summed E-state index contributed by atoms with van der Waals surface area (Å²) in [4.78, 5) is 3.68. The molecule has 1 heterocycles. The lowest BCUT2D eigenvalue weighted by molar-refractivity contribution is 0.579. The van der Waals surface area contributed by atoms with Crippen molar-refractivity contribution in [2.24, 2.45) is 0 Å². The van der Waals surface area contributed by atoms with E-state index < -0.39 is 17.5 Å². The molecule has 100 valence electrons. The summed E-state index contributed by atoms with van der Waals surface area (Å²) in [6, 6.07) is 4.51. The summed E-state index contributed by atoms with van der Waals surface area (Å²) in [5.74, 6) is -2.85. The summed E-state index contributed by atoms with van der Waals surface area (Å²) in [6.45, 7) is 0. The molecule has 0 spiro atoms. The van der Waals surface area contributed by atoms with E-state index in [2.05, 4.69) is 15.6 Å². The predicted octanol–water partition coefficient (Wildman–Crippen LogP) is 3.94. The SMILES string of the molecule is CNc1nc(Nc2ccc(Cl)cc2F)c(F)cc1F. The molecular weight excluding hydrogens is 279 g/mol. The molecule has 1 aromatic carbocycles. The lowest BCUT2D eigenvalue weighted by Gasteiger charge is -2.10. The fourth-order valence-corrected chi connectivity index (χ4v) is 1.61. The van der Waals surface area contributed by atoms with E-state index in [-0.39, 0.29) is 22.3 Å². The minimum atomic E-state index is -0.925. The fraction of sp³-hybridized carbons (Fsp3) is 0.0833. The molecule has 2 N–H and O–H groups in total. The highest BCUT2D eigenvalue weighted by Crippen LogP contribution is 2.25. The van der Waals surface area contributed by atoms with Crippen LogP contribution >= 0.6 is 11.6 Å². The van der Waals surface area contributed by atoms with Gasteiger partial charge in [0.25, 0.3) is 0 Å². The first kappa shape index (κ1) is 13.5. The van der Waals surface area contributed by atoms with E-state index in [9.17, 15) is 13.2 Å². The van der Waals surface area contributed by atoms with Gasteiger partial charge in [-0.15, -0.1) is 0 Å². The molecular formula is C12H9ClF3N3. The second-order valence-corrected chi connectivity index (χ2v) is 4.08. The zero-order valence-corrected chi connectivity index (χ0v) is 10.5. The molecule has 3 nitrogen and oxygen atoms in total. The van der Waals surface area contributed by atoms with E-state index in [1.165, 1.54) is 19.2 Å². The van der Waals surface area contributed by atoms with Gasteiger partial charge in [0.1, 0.15) is 5.82 Å². The summed E-state index contributed by atoms with van der Waals surface area (Å²) in [5.41, 5.74) is -0.00976. The van der Waals surface area contributed by atoms with Crippen molar-refractivity contribution in [2.45, 2.75) is 0 Å². The highest BCUT2D eigenvalue weighted by Gasteiger charge is 2.12. The molecule has 0 unspecified atom stereocenters. The van der Waals surface area contributed by atoms with Crippen LogP contribution in [0.3, 0.4) is 0 Å². The molecule has 0 atom stereocenters. The number of nitrogens with one attached hydrogen (secondary N) is 2. The van der Waals surface area contributed by atoms with Gasteiger partial charge in [-0.25, -0.2) is 18.2 Å². The molecule has 0 aliphatic rings. The van der Waals surface area contributed by atoms with Gasteiger partial charge in [0.15, 0.2) is 23.3 Å². The Balaban J connectivity index is 2.37. The van der Waals surface area contributed by atoms with Crippen LogP contribution in [0.4, 0.5) is 30.5 Å². The Bertz CT molecular complexity index is 619. The smallest absolute Gasteiger partial charge is 0.169 e. The number of benzene rings is 1. The van der Waals surface area contributed by atoms with E-state index in [4.69, 9.17) is 11.6 Å². The van der Waals surface area contributed by atoms with E-state index in [0.29, 0.717) is 6.07 Å². The van der Waals surface area contributed by atoms with Crippen molar-refractivity contribution >= 4 is 28.9 Å². The van der Waals surface area contributed by atoms with Crippen LogP contribution in [0, 0.1) is 17.5 Å². The normalized spacial score (nSPS) is 10.4. The molecule has 2 rings (SSSR count). The Labute approximate surface area is 112 Å². The van der Waals surface area contributed by atoms with Gasteiger partial charge < -0.3 is 10.6 Å². The van der Waals surface area contributed by atoms with Gasteiger partial charge in [-0.1, -0.05) is 11.6 Å². The quantitative estimate of drug-likeness (QED) is 0.898. The van der Waals surface area contributed by atoms with Crippen LogP contribution in [-0.4, -0.2) is 12.0 Å². The molecule has 0 bridgehead atoms. The zero-order chi connectivity index (χ0) is 14.0. The molecule has 1 aromatic heterocycles. The molecule has 19 heavy (non-hydrogen) atoms. The molecule has 0 radical (unpaired) electrons. The maximum absolute atomic E-state index is 13.5. The fourth-order valence-electron chi connectivity index (χ4n) is 1.45. The molecule has 0 aliphatic carbocycles. The average Bonchev–Trinajstić information content (AvgIpc) is 2.35. The maximum Gasteiger partial charge on any atom is 0.169 e. The van der Waals surface area contributed by atoms with Gasteiger partial charge >= 0.3 is 0 Å². The first-order valence-electron chi connectivity index (χ1n) is 5.27. The highest BCUT2D eigenvalue weighted by molar-refractivity contribution is 6.30. The minimum Gasteiger partial charge on any atom is -0.371 e. The number of halogens is 4. The Morgan fingerprint density at radius 1 is 1.00 bits per heavy atom. The number of hydrogen-bond acceptors (Lipinski definition) is 3. The van der Waals surface area contributed by atoms with Crippen molar-refractivity contribution in [2.75, 3.05) is 17.7 Å². The van der Waals surface area contributed by atoms with Gasteiger partial charge in [0.2, 0.25) is 0 Å². The summed E-state index contributed by atoms with van der Waals surface area (Å²) < 4.78 is 40.3. The van der Waals surface area contributed by atoms with Gasteiger partial charge in [-0.3, -0.25) is 0 Å². The van der Waals surface area contributed by atoms with Crippen LogP contribution in [0.1, 0.15) is 0 Å². The van der Waals surface area contributed by atoms with Crippen LogP contribution in [-0.2, 0) is 0 Å². The van der Waals surface area contributed by atoms with Gasteiger partial charge in [0, 0.05) is 18.1 Å². The van der Waals surface area contributed by atoms with E-state index in [1.807, 2.05) is 0 Å². The number of nitrogens with zero attached hydrogens (tertiary/aromatic N) is 1. The Morgan fingerprint density at radius 3 is 2.32 bits per heavy atom. The minimum absolute atomic E-state index is 0.00976. The summed E-state index contributed by atoms with van der Waals surface area (Å²) >= 11 is 5.60. The summed E-state index contributed by atoms with van der Waals surface area (Å²) in [6.07, 6.45) is 0. The van der Waals surface area contributed by atoms with Crippen molar-refractivity contribution in [3.8, 4) is 0 Å². The van der Waals surface area contributed by atoms with E-state index in [1.54, 1.807) is 0 Å². The molecule has 7 heteroatoms. The maximum atomic E-state index is 13.5. The first-order valence-corrected chi connectivity index (χ1v) is 5.65. The second kappa shape index (κ2) is 5.36. The van der Waals surface area contributed by atoms with Crippen molar-refractivity contribution < 1.29 is 13.2 Å². The number of rotatable bonds is 3. The highest BCUT2D eigenvalue weighted by atomic mass is 35.5. The Morgan fingerprint density at radius 2 is 1.68 bits per heavy atom. The van der Waals surface area contributed by atoms with E-state index >= 15 is 0 Å².